The largest absolute Gasteiger partial charge is 1.00 e. The van der Waals surface area contributed by atoms with Crippen molar-refractivity contribution < 1.29 is 66.8 Å². The number of rotatable bonds is 11. The van der Waals surface area contributed by atoms with Crippen LogP contribution in [0.2, 0.25) is 0 Å². The second-order valence-corrected chi connectivity index (χ2v) is 12.0. The van der Waals surface area contributed by atoms with E-state index < -0.39 is 45.6 Å². The van der Waals surface area contributed by atoms with Gasteiger partial charge in [0.05, 0.1) is 6.04 Å². The third-order valence-corrected chi connectivity index (χ3v) is 8.24. The van der Waals surface area contributed by atoms with Crippen LogP contribution < -0.4 is 45.5 Å². The molecule has 3 amide bonds. The summed E-state index contributed by atoms with van der Waals surface area (Å²) in [6, 6.07) is 4.58. The normalized spacial score (nSPS) is 20.4. The Hall–Kier alpha value is -1.22. The Morgan fingerprint density at radius 1 is 1.16 bits per heavy atom. The van der Waals surface area contributed by atoms with Crippen molar-refractivity contribution in [2.45, 2.75) is 75.5 Å². The number of hydrogen-bond donors (Lipinski definition) is 4. The Labute approximate surface area is 253 Å². The van der Waals surface area contributed by atoms with Crippen molar-refractivity contribution in [3.8, 4) is 0 Å². The van der Waals surface area contributed by atoms with Crippen LogP contribution in [0.25, 0.3) is 0 Å². The maximum Gasteiger partial charge on any atom is 1.00 e. The van der Waals surface area contributed by atoms with Gasteiger partial charge in [0, 0.05) is 16.9 Å². The molecule has 1 aromatic carbocycles. The van der Waals surface area contributed by atoms with Crippen LogP contribution in [0.4, 0.5) is 4.79 Å². The predicted molar refractivity (Wildman–Crippen MR) is 136 cm³/mol. The van der Waals surface area contributed by atoms with Gasteiger partial charge < -0.3 is 30.3 Å². The van der Waals surface area contributed by atoms with Crippen LogP contribution in [0.1, 0.15) is 56.9 Å². The van der Waals surface area contributed by atoms with E-state index >= 15 is 0 Å². The molecule has 0 bridgehead atoms. The van der Waals surface area contributed by atoms with E-state index in [0.717, 1.165) is 42.1 Å². The van der Waals surface area contributed by atoms with Gasteiger partial charge in [-0.3, -0.25) is 9.59 Å². The molecule has 0 aromatic heterocycles. The van der Waals surface area contributed by atoms with Gasteiger partial charge in [0.25, 0.3) is 0 Å². The fourth-order valence-corrected chi connectivity index (χ4v) is 5.88. The molecule has 1 aliphatic heterocycles. The molecule has 2 fully saturated rings. The average Bonchev–Trinajstić information content (AvgIpc) is 3.25. The number of carbonyl (C=O) groups excluding carboxylic acids is 3. The van der Waals surface area contributed by atoms with Gasteiger partial charge in [-0.25, -0.2) is 13.2 Å². The molecule has 38 heavy (non-hydrogen) atoms. The molecule has 4 N–H and O–H groups in total. The summed E-state index contributed by atoms with van der Waals surface area (Å²) < 4.78 is 40.8. The van der Waals surface area contributed by atoms with Crippen LogP contribution >= 0.6 is 15.9 Å². The number of nitrogens with one attached hydrogen (secondary N) is 3. The average molecular weight is 627 g/mol. The topological polar surface area (TPSA) is 174 Å². The van der Waals surface area contributed by atoms with Gasteiger partial charge in [-0.05, 0) is 42.9 Å². The number of ether oxygens (including phenoxy) is 1. The SMILES string of the molecule is O=C(N[C@@H](CC1CCCCC1)C(=O)N[C@@H](C[C@@H]1CCNC1=O)C(O)S(=O)(=O)[O-])OCc1cccc(Br)c1.[Na+]. The molecule has 2 aliphatic rings. The number of aliphatic hydroxyl groups excluding tert-OH is 1. The predicted octanol–water partition coefficient (Wildman–Crippen LogP) is -1.11. The summed E-state index contributed by atoms with van der Waals surface area (Å²) in [6.07, 6.45) is 4.44. The Morgan fingerprint density at radius 2 is 1.87 bits per heavy atom. The molecule has 206 valence electrons. The summed E-state index contributed by atoms with van der Waals surface area (Å²) in [4.78, 5) is 37.9. The third kappa shape index (κ3) is 10.4. The molecule has 3 rings (SSSR count). The smallest absolute Gasteiger partial charge is 0.746 e. The summed E-state index contributed by atoms with van der Waals surface area (Å²) in [6.45, 7) is 0.343. The maximum absolute atomic E-state index is 13.3. The van der Waals surface area contributed by atoms with E-state index in [1.165, 1.54) is 0 Å². The standard InChI is InChI=1S/C24H34BrN3O8S.Na/c25-18-8-4-7-16(11-18)14-36-24(32)28-19(12-15-5-2-1-3-6-15)22(30)27-20(23(31)37(33,34)35)13-17-9-10-26-21(17)29;/h4,7-8,11,15,17,19-20,23,31H,1-3,5-6,9-10,12-14H2,(H,26,29)(H,27,30)(H,28,32)(H,33,34,35);/q;+1/p-1/t17-,19-,20-,23?;/m0./s1. The zero-order valence-corrected chi connectivity index (χ0v) is 25.8. The number of aliphatic hydroxyl groups is 1. The number of hydrogen-bond acceptors (Lipinski definition) is 8. The van der Waals surface area contributed by atoms with Crippen molar-refractivity contribution in [2.24, 2.45) is 11.8 Å². The van der Waals surface area contributed by atoms with Crippen molar-refractivity contribution in [3.05, 3.63) is 34.3 Å². The number of alkyl carbamates (subject to hydrolysis) is 1. The molecule has 0 radical (unpaired) electrons. The van der Waals surface area contributed by atoms with Crippen LogP contribution in [0.15, 0.2) is 28.7 Å². The first kappa shape index (κ1) is 33.0. The van der Waals surface area contributed by atoms with Crippen LogP contribution in [0, 0.1) is 11.8 Å². The molecule has 4 atom stereocenters. The van der Waals surface area contributed by atoms with E-state index in [9.17, 15) is 32.5 Å². The molecule has 1 saturated heterocycles. The molecule has 11 nitrogen and oxygen atoms in total. The summed E-state index contributed by atoms with van der Waals surface area (Å²) in [7, 11) is -5.18. The summed E-state index contributed by atoms with van der Waals surface area (Å²) >= 11 is 3.35. The van der Waals surface area contributed by atoms with E-state index in [1.54, 1.807) is 18.2 Å². The van der Waals surface area contributed by atoms with Crippen LogP contribution in [0.3, 0.4) is 0 Å². The molecular formula is C24H33BrN3NaO8S. The fraction of sp³-hybridized carbons (Fsp3) is 0.625. The summed E-state index contributed by atoms with van der Waals surface area (Å²) in [5, 5.41) is 17.8. The van der Waals surface area contributed by atoms with E-state index in [4.69, 9.17) is 4.74 Å². The van der Waals surface area contributed by atoms with Gasteiger partial charge in [-0.15, -0.1) is 0 Å². The minimum atomic E-state index is -5.18. The zero-order chi connectivity index (χ0) is 27.0. The van der Waals surface area contributed by atoms with Crippen LogP contribution in [0.5, 0.6) is 0 Å². The Balaban J connectivity index is 0.00000507. The number of carbonyl (C=O) groups is 3. The second-order valence-electron chi connectivity index (χ2n) is 9.65. The van der Waals surface area contributed by atoms with E-state index in [0.29, 0.717) is 13.0 Å². The van der Waals surface area contributed by atoms with Crippen molar-refractivity contribution in [1.82, 2.24) is 16.0 Å². The van der Waals surface area contributed by atoms with Gasteiger partial charge >= 0.3 is 35.7 Å². The monoisotopic (exact) mass is 625 g/mol. The Morgan fingerprint density at radius 3 is 2.47 bits per heavy atom. The minimum absolute atomic E-state index is 0. The fourth-order valence-electron chi connectivity index (χ4n) is 4.85. The van der Waals surface area contributed by atoms with Crippen molar-refractivity contribution in [2.75, 3.05) is 6.54 Å². The van der Waals surface area contributed by atoms with Crippen LogP contribution in [-0.4, -0.2) is 60.0 Å². The van der Waals surface area contributed by atoms with E-state index in [2.05, 4.69) is 31.9 Å². The Kier molecular flexibility index (Phi) is 13.5. The minimum Gasteiger partial charge on any atom is -0.746 e. The van der Waals surface area contributed by atoms with Crippen molar-refractivity contribution >= 4 is 44.0 Å². The van der Waals surface area contributed by atoms with Crippen molar-refractivity contribution in [1.29, 1.82) is 0 Å². The zero-order valence-electron chi connectivity index (χ0n) is 21.4. The van der Waals surface area contributed by atoms with E-state index in [1.807, 2.05) is 6.07 Å². The first-order valence-corrected chi connectivity index (χ1v) is 14.7. The third-order valence-electron chi connectivity index (χ3n) is 6.83. The summed E-state index contributed by atoms with van der Waals surface area (Å²) in [5.74, 6) is -1.61. The molecule has 1 aliphatic carbocycles. The van der Waals surface area contributed by atoms with Gasteiger partial charge in [0.2, 0.25) is 11.8 Å². The van der Waals surface area contributed by atoms with Gasteiger partial charge in [0.15, 0.2) is 5.44 Å². The van der Waals surface area contributed by atoms with Gasteiger partial charge in [-0.1, -0.05) is 60.2 Å². The van der Waals surface area contributed by atoms with Crippen LogP contribution in [-0.2, 0) is 31.1 Å². The molecule has 14 heteroatoms. The van der Waals surface area contributed by atoms with Gasteiger partial charge in [0.1, 0.15) is 22.8 Å². The Bertz CT molecular complexity index is 1070. The van der Waals surface area contributed by atoms with E-state index in [-0.39, 0.29) is 60.8 Å². The summed E-state index contributed by atoms with van der Waals surface area (Å²) in [5.41, 5.74) is -1.71. The number of amides is 3. The van der Waals surface area contributed by atoms with Crippen molar-refractivity contribution in [3.63, 3.8) is 0 Å². The first-order chi connectivity index (χ1) is 17.5. The molecule has 1 saturated carbocycles. The molecule has 1 heterocycles. The maximum atomic E-state index is 13.3. The van der Waals surface area contributed by atoms with Gasteiger partial charge in [-0.2, -0.15) is 0 Å². The molecule has 1 unspecified atom stereocenters. The first-order valence-electron chi connectivity index (χ1n) is 12.4. The molecule has 1 aromatic rings. The molecular weight excluding hydrogens is 593 g/mol. The number of halogens is 1. The number of benzene rings is 1. The quantitative estimate of drug-likeness (QED) is 0.177. The second kappa shape index (κ2) is 15.5. The molecule has 0 spiro atoms.